The fraction of sp³-hybridized carbons (Fsp3) is 0.235. The number of hydrogen-bond donors (Lipinski definition) is 1. The van der Waals surface area contributed by atoms with Crippen LogP contribution in [0.25, 0.3) is 0 Å². The summed E-state index contributed by atoms with van der Waals surface area (Å²) in [4.78, 5) is 10.3. The number of hydrogen-bond acceptors (Lipinski definition) is 6. The second-order valence-corrected chi connectivity index (χ2v) is 5.07. The van der Waals surface area contributed by atoms with E-state index >= 15 is 0 Å². The van der Waals surface area contributed by atoms with Crippen LogP contribution >= 0.6 is 0 Å². The average Bonchev–Trinajstić information content (AvgIpc) is 2.61. The lowest BCUT2D eigenvalue weighted by Crippen LogP contribution is -2.09. The van der Waals surface area contributed by atoms with Gasteiger partial charge in [-0.2, -0.15) is 5.26 Å². The van der Waals surface area contributed by atoms with Gasteiger partial charge in [-0.15, -0.1) is 0 Å². The number of anilines is 1. The van der Waals surface area contributed by atoms with E-state index in [4.69, 9.17) is 9.47 Å². The molecule has 0 unspecified atom stereocenters. The van der Waals surface area contributed by atoms with Crippen LogP contribution in [0.15, 0.2) is 36.4 Å². The van der Waals surface area contributed by atoms with E-state index in [1.165, 1.54) is 18.2 Å². The van der Waals surface area contributed by atoms with Gasteiger partial charge in [0, 0.05) is 17.7 Å². The quantitative estimate of drug-likeness (QED) is 0.642. The molecule has 24 heavy (non-hydrogen) atoms. The van der Waals surface area contributed by atoms with Crippen LogP contribution < -0.4 is 14.8 Å². The number of nitrogens with zero attached hydrogens (tertiary/aromatic N) is 2. The first kappa shape index (κ1) is 17.1. The topological polar surface area (TPSA) is 97.4 Å². The van der Waals surface area contributed by atoms with Gasteiger partial charge < -0.3 is 14.8 Å². The summed E-state index contributed by atoms with van der Waals surface area (Å²) < 4.78 is 10.6. The van der Waals surface area contributed by atoms with Gasteiger partial charge in [-0.3, -0.25) is 10.1 Å². The molecule has 0 aliphatic rings. The molecule has 0 fully saturated rings. The zero-order chi connectivity index (χ0) is 17.7. The number of methoxy groups -OCH3 is 2. The molecule has 7 nitrogen and oxygen atoms in total. The van der Waals surface area contributed by atoms with Crippen molar-refractivity contribution in [2.24, 2.45) is 0 Å². The van der Waals surface area contributed by atoms with Gasteiger partial charge in [0.05, 0.1) is 36.4 Å². The highest BCUT2D eigenvalue weighted by atomic mass is 16.6. The molecule has 0 saturated heterocycles. The Labute approximate surface area is 139 Å². The fourth-order valence-corrected chi connectivity index (χ4v) is 2.35. The maximum absolute atomic E-state index is 10.8. The van der Waals surface area contributed by atoms with Gasteiger partial charge in [-0.25, -0.2) is 0 Å². The molecule has 0 aliphatic heterocycles. The predicted octanol–water partition coefficient (Wildman–Crippen LogP) is 3.66. The molecule has 0 bridgehead atoms. The summed E-state index contributed by atoms with van der Waals surface area (Å²) in [5, 5.41) is 23.2. The largest absolute Gasteiger partial charge is 0.497 e. The number of nitro groups is 1. The fourth-order valence-electron chi connectivity index (χ4n) is 2.35. The maximum Gasteiger partial charge on any atom is 0.270 e. The zero-order valence-corrected chi connectivity index (χ0v) is 13.6. The van der Waals surface area contributed by atoms with E-state index in [-0.39, 0.29) is 17.3 Å². The molecule has 0 saturated carbocycles. The van der Waals surface area contributed by atoms with Gasteiger partial charge in [0.25, 0.3) is 5.69 Å². The molecule has 2 aromatic carbocycles. The molecule has 1 N–H and O–H groups in total. The minimum absolute atomic E-state index is 0.122. The molecule has 0 aliphatic carbocycles. The average molecular weight is 327 g/mol. The van der Waals surface area contributed by atoms with Crippen LogP contribution in [0.1, 0.15) is 24.1 Å². The lowest BCUT2D eigenvalue weighted by molar-refractivity contribution is -0.384. The number of nitro benzene ring substituents is 1. The van der Waals surface area contributed by atoms with E-state index in [9.17, 15) is 15.4 Å². The molecule has 2 aromatic rings. The van der Waals surface area contributed by atoms with Gasteiger partial charge in [-0.1, -0.05) is 0 Å². The van der Waals surface area contributed by atoms with Gasteiger partial charge in [0.2, 0.25) is 0 Å². The third kappa shape index (κ3) is 3.55. The van der Waals surface area contributed by atoms with Crippen LogP contribution in [-0.2, 0) is 0 Å². The number of nitriles is 1. The van der Waals surface area contributed by atoms with Crippen LogP contribution in [0.3, 0.4) is 0 Å². The minimum Gasteiger partial charge on any atom is -0.497 e. The van der Waals surface area contributed by atoms with E-state index < -0.39 is 4.92 Å². The van der Waals surface area contributed by atoms with Crippen molar-refractivity contribution in [2.75, 3.05) is 19.5 Å². The number of rotatable bonds is 6. The zero-order valence-electron chi connectivity index (χ0n) is 13.6. The van der Waals surface area contributed by atoms with Crippen molar-refractivity contribution < 1.29 is 14.4 Å². The Balaban J connectivity index is 2.35. The molecule has 0 amide bonds. The van der Waals surface area contributed by atoms with Crippen molar-refractivity contribution in [3.05, 3.63) is 57.6 Å². The minimum atomic E-state index is -0.529. The first-order valence-corrected chi connectivity index (χ1v) is 7.17. The monoisotopic (exact) mass is 327 g/mol. The van der Waals surface area contributed by atoms with E-state index in [0.717, 1.165) is 5.56 Å². The number of ether oxygens (including phenoxy) is 2. The molecule has 0 aromatic heterocycles. The predicted molar refractivity (Wildman–Crippen MR) is 89.4 cm³/mol. The summed E-state index contributed by atoms with van der Waals surface area (Å²) in [6, 6.07) is 11.3. The SMILES string of the molecule is COc1ccc(OC)c([C@H](C)Nc2ccc([N+](=O)[O-])cc2C#N)c1. The van der Waals surface area contributed by atoms with Crippen LogP contribution in [-0.4, -0.2) is 19.1 Å². The third-order valence-corrected chi connectivity index (χ3v) is 3.61. The Hall–Kier alpha value is -3.27. The van der Waals surface area contributed by atoms with Gasteiger partial charge in [0.15, 0.2) is 0 Å². The smallest absolute Gasteiger partial charge is 0.270 e. The van der Waals surface area contributed by atoms with Crippen molar-refractivity contribution in [1.29, 1.82) is 5.26 Å². The molecular weight excluding hydrogens is 310 g/mol. The molecule has 2 rings (SSSR count). The molecule has 7 heteroatoms. The van der Waals surface area contributed by atoms with Crippen LogP contribution in [0.5, 0.6) is 11.5 Å². The second kappa shape index (κ2) is 7.33. The first-order chi connectivity index (χ1) is 11.5. The van der Waals surface area contributed by atoms with Gasteiger partial charge in [0.1, 0.15) is 17.6 Å². The molecular formula is C17H17N3O4. The standard InChI is InChI=1S/C17H17N3O4/c1-11(15-9-14(23-2)5-7-17(15)24-3)19-16-6-4-13(20(21)22)8-12(16)10-18/h4-9,11,19H,1-3H3/t11-/m0/s1. The number of nitrogens with one attached hydrogen (secondary N) is 1. The number of non-ortho nitro benzene ring substituents is 1. The normalized spacial score (nSPS) is 11.2. The second-order valence-electron chi connectivity index (χ2n) is 5.07. The summed E-state index contributed by atoms with van der Waals surface area (Å²) in [5.74, 6) is 1.36. The lowest BCUT2D eigenvalue weighted by Gasteiger charge is -2.19. The molecule has 0 heterocycles. The van der Waals surface area contributed by atoms with Crippen molar-refractivity contribution >= 4 is 11.4 Å². The van der Waals surface area contributed by atoms with Crippen LogP contribution in [0.2, 0.25) is 0 Å². The highest BCUT2D eigenvalue weighted by Crippen LogP contribution is 2.32. The summed E-state index contributed by atoms with van der Waals surface area (Å²) in [5.41, 5.74) is 1.45. The van der Waals surface area contributed by atoms with E-state index in [2.05, 4.69) is 5.32 Å². The van der Waals surface area contributed by atoms with Crippen LogP contribution in [0.4, 0.5) is 11.4 Å². The molecule has 1 atom stereocenters. The van der Waals surface area contributed by atoms with Crippen molar-refractivity contribution in [2.45, 2.75) is 13.0 Å². The van der Waals surface area contributed by atoms with Gasteiger partial charge >= 0.3 is 0 Å². The Bertz CT molecular complexity index is 799. The van der Waals surface area contributed by atoms with Crippen molar-refractivity contribution in [3.8, 4) is 17.6 Å². The van der Waals surface area contributed by atoms with Crippen molar-refractivity contribution in [1.82, 2.24) is 0 Å². The summed E-state index contributed by atoms with van der Waals surface area (Å²) in [7, 11) is 3.15. The summed E-state index contributed by atoms with van der Waals surface area (Å²) in [6.07, 6.45) is 0. The van der Waals surface area contributed by atoms with E-state index in [1.54, 1.807) is 26.4 Å². The maximum atomic E-state index is 10.8. The van der Waals surface area contributed by atoms with Crippen LogP contribution in [0, 0.1) is 21.4 Å². The summed E-state index contributed by atoms with van der Waals surface area (Å²) in [6.45, 7) is 1.90. The number of benzene rings is 2. The first-order valence-electron chi connectivity index (χ1n) is 7.17. The summed E-state index contributed by atoms with van der Waals surface area (Å²) >= 11 is 0. The Kier molecular flexibility index (Phi) is 5.22. The van der Waals surface area contributed by atoms with Crippen molar-refractivity contribution in [3.63, 3.8) is 0 Å². The van der Waals surface area contributed by atoms with Gasteiger partial charge in [-0.05, 0) is 31.2 Å². The lowest BCUT2D eigenvalue weighted by atomic mass is 10.1. The molecule has 0 radical (unpaired) electrons. The van der Waals surface area contributed by atoms with E-state index in [1.807, 2.05) is 19.1 Å². The Morgan fingerprint density at radius 1 is 1.21 bits per heavy atom. The Morgan fingerprint density at radius 2 is 1.96 bits per heavy atom. The highest BCUT2D eigenvalue weighted by Gasteiger charge is 2.16. The molecule has 124 valence electrons. The third-order valence-electron chi connectivity index (χ3n) is 3.61. The molecule has 0 spiro atoms. The van der Waals surface area contributed by atoms with E-state index in [0.29, 0.717) is 17.2 Å². The Morgan fingerprint density at radius 3 is 2.54 bits per heavy atom. The highest BCUT2D eigenvalue weighted by molar-refractivity contribution is 5.62.